The first kappa shape index (κ1) is 13.1. The molecule has 1 aromatic rings. The van der Waals surface area contributed by atoms with Crippen LogP contribution in [0.1, 0.15) is 27.2 Å². The van der Waals surface area contributed by atoms with Gasteiger partial charge in [0.1, 0.15) is 5.82 Å². The van der Waals surface area contributed by atoms with Crippen molar-refractivity contribution in [3.05, 3.63) is 36.1 Å². The zero-order chi connectivity index (χ0) is 11.0. The summed E-state index contributed by atoms with van der Waals surface area (Å²) >= 11 is 0. The van der Waals surface area contributed by atoms with Gasteiger partial charge in [-0.05, 0) is 31.4 Å². The van der Waals surface area contributed by atoms with Gasteiger partial charge in [-0.2, -0.15) is 0 Å². The Labute approximate surface area is 85.6 Å². The van der Waals surface area contributed by atoms with Crippen molar-refractivity contribution in [3.8, 4) is 0 Å². The Morgan fingerprint density at radius 2 is 1.64 bits per heavy atom. The number of hydrogen-bond acceptors (Lipinski definition) is 1. The summed E-state index contributed by atoms with van der Waals surface area (Å²) in [5.74, 6) is 0.447. The lowest BCUT2D eigenvalue weighted by atomic mass is 10.1. The minimum atomic E-state index is -0.178. The monoisotopic (exact) mass is 198 g/mol. The second-order valence-corrected chi connectivity index (χ2v) is 3.77. The molecule has 14 heavy (non-hydrogen) atoms. The van der Waals surface area contributed by atoms with Crippen LogP contribution < -0.4 is 0 Å². The molecule has 0 saturated heterocycles. The summed E-state index contributed by atoms with van der Waals surface area (Å²) < 4.78 is 11.9. The van der Waals surface area contributed by atoms with E-state index >= 15 is 0 Å². The molecular formula is C12H19FO. The average molecular weight is 198 g/mol. The largest absolute Gasteiger partial charge is 0.393 e. The average Bonchev–Trinajstić information content (AvgIpc) is 2.03. The smallest absolute Gasteiger partial charge is 0.123 e. The van der Waals surface area contributed by atoms with Crippen LogP contribution in [0.2, 0.25) is 0 Å². The van der Waals surface area contributed by atoms with Gasteiger partial charge in [-0.1, -0.05) is 32.0 Å². The molecule has 0 saturated carbocycles. The second-order valence-electron chi connectivity index (χ2n) is 3.77. The van der Waals surface area contributed by atoms with E-state index in [9.17, 15) is 4.39 Å². The van der Waals surface area contributed by atoms with Gasteiger partial charge >= 0.3 is 0 Å². The Balaban J connectivity index is 0.000000241. The number of rotatable bonds is 2. The van der Waals surface area contributed by atoms with Crippen LogP contribution in [0, 0.1) is 11.7 Å². The minimum Gasteiger partial charge on any atom is -0.393 e. The molecule has 0 radical (unpaired) electrons. The highest BCUT2D eigenvalue weighted by atomic mass is 19.1. The first-order valence-corrected chi connectivity index (χ1v) is 4.91. The highest BCUT2D eigenvalue weighted by Gasteiger charge is 1.97. The molecule has 0 spiro atoms. The van der Waals surface area contributed by atoms with Crippen LogP contribution in [-0.4, -0.2) is 11.2 Å². The van der Waals surface area contributed by atoms with E-state index in [4.69, 9.17) is 5.11 Å². The molecule has 0 bridgehead atoms. The fourth-order valence-electron chi connectivity index (χ4n) is 1.10. The molecule has 0 aliphatic carbocycles. The molecule has 1 unspecified atom stereocenters. The van der Waals surface area contributed by atoms with Crippen molar-refractivity contribution >= 4 is 0 Å². The third kappa shape index (κ3) is 9.20. The third-order valence-electron chi connectivity index (χ3n) is 1.55. The van der Waals surface area contributed by atoms with E-state index in [0.717, 1.165) is 6.42 Å². The zero-order valence-corrected chi connectivity index (χ0v) is 9.07. The van der Waals surface area contributed by atoms with E-state index in [-0.39, 0.29) is 11.9 Å². The van der Waals surface area contributed by atoms with E-state index in [1.54, 1.807) is 18.2 Å². The normalized spacial score (nSPS) is 11.9. The SMILES string of the molecule is CC(C)CC(C)O.Fc1ccccc1. The highest BCUT2D eigenvalue weighted by Crippen LogP contribution is 2.01. The van der Waals surface area contributed by atoms with Crippen LogP contribution in [0.15, 0.2) is 30.3 Å². The fraction of sp³-hybridized carbons (Fsp3) is 0.500. The van der Waals surface area contributed by atoms with Gasteiger partial charge in [0.15, 0.2) is 0 Å². The van der Waals surface area contributed by atoms with Crippen LogP contribution >= 0.6 is 0 Å². The molecule has 1 atom stereocenters. The Morgan fingerprint density at radius 1 is 1.14 bits per heavy atom. The van der Waals surface area contributed by atoms with Gasteiger partial charge in [0.2, 0.25) is 0 Å². The molecular weight excluding hydrogens is 179 g/mol. The van der Waals surface area contributed by atoms with Gasteiger partial charge in [-0.3, -0.25) is 0 Å². The van der Waals surface area contributed by atoms with Gasteiger partial charge < -0.3 is 5.11 Å². The number of hydrogen-bond donors (Lipinski definition) is 1. The molecule has 1 aromatic carbocycles. The lowest BCUT2D eigenvalue weighted by Gasteiger charge is -2.04. The van der Waals surface area contributed by atoms with Crippen molar-refractivity contribution in [3.63, 3.8) is 0 Å². The van der Waals surface area contributed by atoms with E-state index in [1.165, 1.54) is 12.1 Å². The summed E-state index contributed by atoms with van der Waals surface area (Å²) in [6, 6.07) is 7.94. The zero-order valence-electron chi connectivity index (χ0n) is 9.07. The lowest BCUT2D eigenvalue weighted by Crippen LogP contribution is -2.03. The van der Waals surface area contributed by atoms with E-state index in [2.05, 4.69) is 13.8 Å². The van der Waals surface area contributed by atoms with Crippen LogP contribution in [0.5, 0.6) is 0 Å². The molecule has 0 aliphatic heterocycles. The minimum absolute atomic E-state index is 0.125. The Bertz CT molecular complexity index is 213. The summed E-state index contributed by atoms with van der Waals surface area (Å²) in [6.07, 6.45) is 0.792. The standard InChI is InChI=1S/C6H5F.C6H14O/c7-6-4-2-1-3-5-6;1-5(2)4-6(3)7/h1-5H;5-7H,4H2,1-3H3. The van der Waals surface area contributed by atoms with Crippen molar-refractivity contribution in [2.24, 2.45) is 5.92 Å². The van der Waals surface area contributed by atoms with Crippen molar-refractivity contribution < 1.29 is 9.50 Å². The van der Waals surface area contributed by atoms with E-state index in [0.29, 0.717) is 5.92 Å². The van der Waals surface area contributed by atoms with Gasteiger partial charge in [-0.25, -0.2) is 4.39 Å². The fourth-order valence-corrected chi connectivity index (χ4v) is 1.10. The maximum Gasteiger partial charge on any atom is 0.123 e. The summed E-state index contributed by atoms with van der Waals surface area (Å²) in [4.78, 5) is 0. The molecule has 0 fully saturated rings. The number of aliphatic hydroxyl groups excluding tert-OH is 1. The summed E-state index contributed by atoms with van der Waals surface area (Å²) in [7, 11) is 0. The number of aliphatic hydroxyl groups is 1. The molecule has 80 valence electrons. The summed E-state index contributed by atoms with van der Waals surface area (Å²) in [6.45, 7) is 6.03. The number of benzene rings is 1. The molecule has 0 heterocycles. The van der Waals surface area contributed by atoms with Crippen LogP contribution in [-0.2, 0) is 0 Å². The van der Waals surface area contributed by atoms with Gasteiger partial charge in [0.25, 0.3) is 0 Å². The van der Waals surface area contributed by atoms with E-state index < -0.39 is 0 Å². The topological polar surface area (TPSA) is 20.2 Å². The Kier molecular flexibility index (Phi) is 7.03. The predicted octanol–water partition coefficient (Wildman–Crippen LogP) is 3.24. The second kappa shape index (κ2) is 7.51. The quantitative estimate of drug-likeness (QED) is 0.773. The van der Waals surface area contributed by atoms with Gasteiger partial charge in [-0.15, -0.1) is 0 Å². The molecule has 1 nitrogen and oxygen atoms in total. The molecule has 0 aromatic heterocycles. The molecule has 0 aliphatic rings. The van der Waals surface area contributed by atoms with Crippen LogP contribution in [0.25, 0.3) is 0 Å². The van der Waals surface area contributed by atoms with Gasteiger partial charge in [0, 0.05) is 0 Å². The Hall–Kier alpha value is -0.890. The first-order chi connectivity index (χ1) is 6.52. The van der Waals surface area contributed by atoms with Crippen molar-refractivity contribution in [1.29, 1.82) is 0 Å². The van der Waals surface area contributed by atoms with Gasteiger partial charge in [0.05, 0.1) is 6.10 Å². The van der Waals surface area contributed by atoms with Crippen LogP contribution in [0.3, 0.4) is 0 Å². The van der Waals surface area contributed by atoms with Crippen molar-refractivity contribution in [1.82, 2.24) is 0 Å². The summed E-state index contributed by atoms with van der Waals surface area (Å²) in [5.41, 5.74) is 0. The maximum absolute atomic E-state index is 11.9. The third-order valence-corrected chi connectivity index (χ3v) is 1.55. The highest BCUT2D eigenvalue weighted by molar-refractivity contribution is 5.02. The Morgan fingerprint density at radius 3 is 1.79 bits per heavy atom. The maximum atomic E-state index is 11.9. The molecule has 1 rings (SSSR count). The molecule has 1 N–H and O–H groups in total. The van der Waals surface area contributed by atoms with Crippen LogP contribution in [0.4, 0.5) is 4.39 Å². The first-order valence-electron chi connectivity index (χ1n) is 4.91. The lowest BCUT2D eigenvalue weighted by molar-refractivity contribution is 0.168. The molecule has 0 amide bonds. The predicted molar refractivity (Wildman–Crippen MR) is 57.5 cm³/mol. The molecule has 2 heteroatoms. The summed E-state index contributed by atoms with van der Waals surface area (Å²) in [5, 5.41) is 8.72. The van der Waals surface area contributed by atoms with Crippen molar-refractivity contribution in [2.75, 3.05) is 0 Å². The number of halogens is 1. The van der Waals surface area contributed by atoms with E-state index in [1.807, 2.05) is 6.92 Å². The van der Waals surface area contributed by atoms with Crippen molar-refractivity contribution in [2.45, 2.75) is 33.3 Å².